The number of rotatable bonds is 6. The standard InChI is InChI=1S/C19H28N4/c1-16-18(14-20-21-16)15-22(2)19-9-12-23(13-10-19)11-8-17-6-4-3-5-7-17/h3-7,14,19H,8-13,15H2,1-2H3,(H,20,21). The maximum Gasteiger partial charge on any atom is 0.0535 e. The number of likely N-dealkylation sites (tertiary alicyclic amines) is 1. The number of benzene rings is 1. The van der Waals surface area contributed by atoms with E-state index in [2.05, 4.69) is 64.3 Å². The van der Waals surface area contributed by atoms with E-state index >= 15 is 0 Å². The summed E-state index contributed by atoms with van der Waals surface area (Å²) in [7, 11) is 2.25. The van der Waals surface area contributed by atoms with Crippen molar-refractivity contribution in [3.05, 3.63) is 53.3 Å². The number of aryl methyl sites for hydroxylation is 1. The minimum Gasteiger partial charge on any atom is -0.303 e. The van der Waals surface area contributed by atoms with Gasteiger partial charge < -0.3 is 4.90 Å². The molecule has 1 aromatic carbocycles. The number of aromatic amines is 1. The van der Waals surface area contributed by atoms with Crippen LogP contribution in [0, 0.1) is 6.92 Å². The molecule has 0 radical (unpaired) electrons. The summed E-state index contributed by atoms with van der Waals surface area (Å²) >= 11 is 0. The highest BCUT2D eigenvalue weighted by Gasteiger charge is 2.22. The molecule has 0 unspecified atom stereocenters. The first-order valence-corrected chi connectivity index (χ1v) is 8.68. The van der Waals surface area contributed by atoms with Crippen molar-refractivity contribution in [2.45, 2.75) is 38.8 Å². The monoisotopic (exact) mass is 312 g/mol. The predicted octanol–water partition coefficient (Wildman–Crippen LogP) is 2.86. The van der Waals surface area contributed by atoms with Crippen LogP contribution in [0.2, 0.25) is 0 Å². The number of hydrogen-bond donors (Lipinski definition) is 1. The molecule has 23 heavy (non-hydrogen) atoms. The van der Waals surface area contributed by atoms with Crippen molar-refractivity contribution in [2.24, 2.45) is 0 Å². The van der Waals surface area contributed by atoms with E-state index in [0.29, 0.717) is 6.04 Å². The van der Waals surface area contributed by atoms with Gasteiger partial charge in [-0.2, -0.15) is 5.10 Å². The van der Waals surface area contributed by atoms with Crippen molar-refractivity contribution >= 4 is 0 Å². The molecule has 0 atom stereocenters. The van der Waals surface area contributed by atoms with Gasteiger partial charge in [0.2, 0.25) is 0 Å². The summed E-state index contributed by atoms with van der Waals surface area (Å²) in [5.41, 5.74) is 3.96. The van der Waals surface area contributed by atoms with E-state index in [1.165, 1.54) is 49.3 Å². The van der Waals surface area contributed by atoms with Gasteiger partial charge in [-0.05, 0) is 51.9 Å². The van der Waals surface area contributed by atoms with Gasteiger partial charge in [-0.25, -0.2) is 0 Å². The smallest absolute Gasteiger partial charge is 0.0535 e. The number of aromatic nitrogens is 2. The normalized spacial score (nSPS) is 17.0. The third-order valence-electron chi connectivity index (χ3n) is 5.09. The largest absolute Gasteiger partial charge is 0.303 e. The quantitative estimate of drug-likeness (QED) is 0.891. The lowest BCUT2D eigenvalue weighted by Gasteiger charge is -2.36. The molecule has 0 bridgehead atoms. The molecule has 1 fully saturated rings. The number of hydrogen-bond acceptors (Lipinski definition) is 3. The molecule has 0 spiro atoms. The van der Waals surface area contributed by atoms with Gasteiger partial charge in [-0.3, -0.25) is 10.00 Å². The van der Waals surface area contributed by atoms with Crippen LogP contribution in [0.1, 0.15) is 29.7 Å². The first-order valence-electron chi connectivity index (χ1n) is 8.68. The molecule has 2 aromatic rings. The number of nitrogens with zero attached hydrogens (tertiary/aromatic N) is 3. The van der Waals surface area contributed by atoms with Gasteiger partial charge in [0, 0.05) is 30.4 Å². The summed E-state index contributed by atoms with van der Waals surface area (Å²) in [6.45, 7) is 6.71. The predicted molar refractivity (Wildman–Crippen MR) is 94.4 cm³/mol. The van der Waals surface area contributed by atoms with Crippen LogP contribution >= 0.6 is 0 Å². The fraction of sp³-hybridized carbons (Fsp3) is 0.526. The van der Waals surface area contributed by atoms with Crippen molar-refractivity contribution < 1.29 is 0 Å². The first kappa shape index (κ1) is 16.2. The number of nitrogens with one attached hydrogen (secondary N) is 1. The lowest BCUT2D eigenvalue weighted by Crippen LogP contribution is -2.43. The third kappa shape index (κ3) is 4.43. The van der Waals surface area contributed by atoms with Crippen LogP contribution in [-0.4, -0.2) is 52.7 Å². The highest BCUT2D eigenvalue weighted by Crippen LogP contribution is 2.18. The zero-order chi connectivity index (χ0) is 16.1. The zero-order valence-electron chi connectivity index (χ0n) is 14.3. The number of piperidine rings is 1. The molecule has 2 heterocycles. The summed E-state index contributed by atoms with van der Waals surface area (Å²) in [6, 6.07) is 11.5. The molecule has 124 valence electrons. The molecule has 1 aliphatic heterocycles. The van der Waals surface area contributed by atoms with Gasteiger partial charge >= 0.3 is 0 Å². The minimum atomic E-state index is 0.692. The molecule has 1 N–H and O–H groups in total. The van der Waals surface area contributed by atoms with Gasteiger partial charge in [-0.15, -0.1) is 0 Å². The second kappa shape index (κ2) is 7.75. The van der Waals surface area contributed by atoms with Crippen molar-refractivity contribution in [3.8, 4) is 0 Å². The van der Waals surface area contributed by atoms with Crippen molar-refractivity contribution in [2.75, 3.05) is 26.7 Å². The van der Waals surface area contributed by atoms with Gasteiger partial charge in [0.1, 0.15) is 0 Å². The molecular weight excluding hydrogens is 284 g/mol. The molecule has 0 saturated carbocycles. The average molecular weight is 312 g/mol. The molecule has 4 heteroatoms. The van der Waals surface area contributed by atoms with Crippen molar-refractivity contribution in [3.63, 3.8) is 0 Å². The van der Waals surface area contributed by atoms with E-state index in [4.69, 9.17) is 0 Å². The van der Waals surface area contributed by atoms with Crippen LogP contribution in [-0.2, 0) is 13.0 Å². The lowest BCUT2D eigenvalue weighted by molar-refractivity contribution is 0.124. The average Bonchev–Trinajstić information content (AvgIpc) is 2.99. The summed E-state index contributed by atoms with van der Waals surface area (Å²) in [4.78, 5) is 5.10. The van der Waals surface area contributed by atoms with E-state index in [1.807, 2.05) is 6.20 Å². The van der Waals surface area contributed by atoms with Crippen LogP contribution in [0.3, 0.4) is 0 Å². The summed E-state index contributed by atoms with van der Waals surface area (Å²) in [5, 5.41) is 7.16. The van der Waals surface area contributed by atoms with Crippen molar-refractivity contribution in [1.29, 1.82) is 0 Å². The van der Waals surface area contributed by atoms with E-state index in [0.717, 1.165) is 13.0 Å². The first-order chi connectivity index (χ1) is 11.2. The summed E-state index contributed by atoms with van der Waals surface area (Å²) < 4.78 is 0. The Morgan fingerprint density at radius 1 is 1.22 bits per heavy atom. The molecule has 3 rings (SSSR count). The Morgan fingerprint density at radius 3 is 2.61 bits per heavy atom. The van der Waals surface area contributed by atoms with E-state index in [9.17, 15) is 0 Å². The highest BCUT2D eigenvalue weighted by molar-refractivity contribution is 5.15. The van der Waals surface area contributed by atoms with E-state index in [1.54, 1.807) is 0 Å². The summed E-state index contributed by atoms with van der Waals surface area (Å²) in [6.07, 6.45) is 5.65. The second-order valence-corrected chi connectivity index (χ2v) is 6.74. The van der Waals surface area contributed by atoms with Crippen LogP contribution < -0.4 is 0 Å². The van der Waals surface area contributed by atoms with Crippen LogP contribution in [0.15, 0.2) is 36.5 Å². The lowest BCUT2D eigenvalue weighted by atomic mass is 10.0. The number of H-pyrrole nitrogens is 1. The Bertz CT molecular complexity index is 584. The molecule has 1 aliphatic rings. The zero-order valence-corrected chi connectivity index (χ0v) is 14.3. The molecule has 1 saturated heterocycles. The van der Waals surface area contributed by atoms with Crippen molar-refractivity contribution in [1.82, 2.24) is 20.0 Å². The maximum atomic E-state index is 4.13. The molecule has 4 nitrogen and oxygen atoms in total. The SMILES string of the molecule is Cc1[nH]ncc1CN(C)C1CCN(CCc2ccccc2)CC1. The fourth-order valence-electron chi connectivity index (χ4n) is 3.45. The Balaban J connectivity index is 1.42. The van der Waals surface area contributed by atoms with Gasteiger partial charge in [-0.1, -0.05) is 30.3 Å². The Morgan fingerprint density at radius 2 is 1.96 bits per heavy atom. The Hall–Kier alpha value is -1.65. The van der Waals surface area contributed by atoms with Gasteiger partial charge in [0.25, 0.3) is 0 Å². The second-order valence-electron chi connectivity index (χ2n) is 6.74. The Labute approximate surface area is 139 Å². The minimum absolute atomic E-state index is 0.692. The molecule has 0 amide bonds. The highest BCUT2D eigenvalue weighted by atomic mass is 15.2. The van der Waals surface area contributed by atoms with Crippen LogP contribution in [0.25, 0.3) is 0 Å². The van der Waals surface area contributed by atoms with Crippen LogP contribution in [0.4, 0.5) is 0 Å². The topological polar surface area (TPSA) is 35.2 Å². The van der Waals surface area contributed by atoms with E-state index in [-0.39, 0.29) is 0 Å². The summed E-state index contributed by atoms with van der Waals surface area (Å²) in [5.74, 6) is 0. The molecule has 0 aliphatic carbocycles. The van der Waals surface area contributed by atoms with Crippen LogP contribution in [0.5, 0.6) is 0 Å². The molecule has 1 aromatic heterocycles. The third-order valence-corrected chi connectivity index (χ3v) is 5.09. The molecular formula is C19H28N4. The van der Waals surface area contributed by atoms with E-state index < -0.39 is 0 Å². The van der Waals surface area contributed by atoms with Gasteiger partial charge in [0.05, 0.1) is 6.20 Å². The maximum absolute atomic E-state index is 4.13. The van der Waals surface area contributed by atoms with Gasteiger partial charge in [0.15, 0.2) is 0 Å². The fourth-order valence-corrected chi connectivity index (χ4v) is 3.45. The Kier molecular flexibility index (Phi) is 5.47.